The van der Waals surface area contributed by atoms with Crippen LogP contribution in [0.25, 0.3) is 11.0 Å². The van der Waals surface area contributed by atoms with Crippen molar-refractivity contribution in [2.45, 2.75) is 6.54 Å². The Morgan fingerprint density at radius 3 is 2.74 bits per heavy atom. The zero-order chi connectivity index (χ0) is 15.5. The summed E-state index contributed by atoms with van der Waals surface area (Å²) in [6.07, 6.45) is 3.35. The van der Waals surface area contributed by atoms with E-state index in [0.717, 1.165) is 11.0 Å². The van der Waals surface area contributed by atoms with Crippen LogP contribution < -0.4 is 21.5 Å². The first-order chi connectivity index (χ1) is 10.6. The molecule has 0 unspecified atom stereocenters. The molecular formula is C16H12BrN3O3. The van der Waals surface area contributed by atoms with Gasteiger partial charge in [-0.3, -0.25) is 14.9 Å². The number of hydrogen-bond donors (Lipinski definition) is 0. The normalized spacial score (nSPS) is 10.1. The van der Waals surface area contributed by atoms with E-state index in [1.54, 1.807) is 23.0 Å². The summed E-state index contributed by atoms with van der Waals surface area (Å²) in [4.78, 5) is 26.9. The molecule has 0 bridgehead atoms. The first-order valence-electron chi connectivity index (χ1n) is 6.66. The van der Waals surface area contributed by atoms with E-state index in [2.05, 4.69) is 4.98 Å². The molecule has 0 saturated carbocycles. The van der Waals surface area contributed by atoms with E-state index < -0.39 is 4.92 Å². The third kappa shape index (κ3) is 3.57. The van der Waals surface area contributed by atoms with Gasteiger partial charge in [-0.25, -0.2) is 4.98 Å². The highest BCUT2D eigenvalue weighted by Gasteiger charge is 2.17. The van der Waals surface area contributed by atoms with Crippen LogP contribution in [0.1, 0.15) is 10.4 Å². The molecule has 0 aliphatic heterocycles. The second-order valence-electron chi connectivity index (χ2n) is 4.77. The van der Waals surface area contributed by atoms with E-state index >= 15 is 0 Å². The highest BCUT2D eigenvalue weighted by atomic mass is 79.9. The standard InChI is InChI=1S/C16H12N3O3.BrH/c20-16(12-4-3-5-13(10-12)19(21)22)11-18-9-8-17-14-6-1-2-7-15(14)18;/h1-10H,11H2;1H/q+1;/p-1. The number of non-ortho nitro benzene ring substituents is 1. The summed E-state index contributed by atoms with van der Waals surface area (Å²) in [5.41, 5.74) is 1.86. The number of fused-ring (bicyclic) bond motifs is 1. The number of rotatable bonds is 4. The highest BCUT2D eigenvalue weighted by Crippen LogP contribution is 2.14. The molecule has 3 aromatic rings. The average Bonchev–Trinajstić information content (AvgIpc) is 2.55. The summed E-state index contributed by atoms with van der Waals surface area (Å²) in [6.45, 7) is 0.101. The lowest BCUT2D eigenvalue weighted by molar-refractivity contribution is -0.657. The predicted octanol–water partition coefficient (Wildman–Crippen LogP) is -0.683. The number of hydrogen-bond acceptors (Lipinski definition) is 4. The molecule has 0 atom stereocenters. The second-order valence-corrected chi connectivity index (χ2v) is 4.77. The van der Waals surface area contributed by atoms with Gasteiger partial charge in [-0.2, -0.15) is 4.57 Å². The molecule has 1 aromatic heterocycles. The van der Waals surface area contributed by atoms with Gasteiger partial charge in [-0.1, -0.05) is 24.3 Å². The van der Waals surface area contributed by atoms with Crippen molar-refractivity contribution in [3.05, 3.63) is 76.6 Å². The van der Waals surface area contributed by atoms with E-state index in [1.165, 1.54) is 18.2 Å². The minimum atomic E-state index is -0.508. The Morgan fingerprint density at radius 1 is 1.17 bits per heavy atom. The number of para-hydroxylation sites is 2. The van der Waals surface area contributed by atoms with Gasteiger partial charge in [0.25, 0.3) is 5.69 Å². The van der Waals surface area contributed by atoms with Crippen molar-refractivity contribution in [3.63, 3.8) is 0 Å². The fourth-order valence-corrected chi connectivity index (χ4v) is 2.27. The van der Waals surface area contributed by atoms with Crippen LogP contribution in [0.5, 0.6) is 0 Å². The lowest BCUT2D eigenvalue weighted by atomic mass is 10.1. The lowest BCUT2D eigenvalue weighted by Crippen LogP contribution is -3.00. The number of ketones is 1. The Balaban J connectivity index is 0.00000192. The number of carbonyl (C=O) groups excluding carboxylic acids is 1. The van der Waals surface area contributed by atoms with Crippen molar-refractivity contribution in [1.82, 2.24) is 4.98 Å². The number of benzene rings is 2. The number of aromatic nitrogens is 2. The molecule has 0 saturated heterocycles. The third-order valence-electron chi connectivity index (χ3n) is 3.34. The molecule has 23 heavy (non-hydrogen) atoms. The van der Waals surface area contributed by atoms with Crippen LogP contribution in [0.3, 0.4) is 0 Å². The zero-order valence-corrected chi connectivity index (χ0v) is 13.5. The minimum Gasteiger partial charge on any atom is -1.00 e. The number of halogens is 1. The van der Waals surface area contributed by atoms with Crippen molar-refractivity contribution in [2.24, 2.45) is 0 Å². The zero-order valence-electron chi connectivity index (χ0n) is 11.9. The van der Waals surface area contributed by atoms with Gasteiger partial charge in [0.2, 0.25) is 17.8 Å². The Hall–Kier alpha value is -2.67. The summed E-state index contributed by atoms with van der Waals surface area (Å²) >= 11 is 0. The summed E-state index contributed by atoms with van der Waals surface area (Å²) in [6, 6.07) is 13.3. The molecule has 0 radical (unpaired) electrons. The van der Waals surface area contributed by atoms with Crippen LogP contribution >= 0.6 is 0 Å². The molecule has 6 nitrogen and oxygen atoms in total. The third-order valence-corrected chi connectivity index (χ3v) is 3.34. The van der Waals surface area contributed by atoms with Crippen LogP contribution in [0.15, 0.2) is 60.9 Å². The number of nitro groups is 1. The molecular weight excluding hydrogens is 362 g/mol. The van der Waals surface area contributed by atoms with Crippen LogP contribution in [-0.4, -0.2) is 15.7 Å². The molecule has 0 aliphatic carbocycles. The largest absolute Gasteiger partial charge is 1.00 e. The van der Waals surface area contributed by atoms with E-state index in [-0.39, 0.29) is 35.0 Å². The van der Waals surface area contributed by atoms with Crippen LogP contribution in [0.2, 0.25) is 0 Å². The van der Waals surface area contributed by atoms with Gasteiger partial charge in [0.1, 0.15) is 5.52 Å². The van der Waals surface area contributed by atoms with Crippen molar-refractivity contribution >= 4 is 22.5 Å². The molecule has 0 aliphatic rings. The summed E-state index contributed by atoms with van der Waals surface area (Å²) < 4.78 is 1.78. The van der Waals surface area contributed by atoms with Crippen molar-refractivity contribution < 1.29 is 31.3 Å². The molecule has 0 amide bonds. The SMILES string of the molecule is O=C(C[n+]1ccnc2ccccc21)c1cccc([N+](=O)[O-])c1.[Br-]. The Labute approximate surface area is 142 Å². The first-order valence-corrected chi connectivity index (χ1v) is 6.66. The van der Waals surface area contributed by atoms with Gasteiger partial charge in [-0.05, 0) is 6.07 Å². The smallest absolute Gasteiger partial charge is 0.270 e. The molecule has 0 spiro atoms. The number of carbonyl (C=O) groups is 1. The van der Waals surface area contributed by atoms with E-state index in [4.69, 9.17) is 0 Å². The molecule has 0 N–H and O–H groups in total. The maximum absolute atomic E-state index is 12.4. The van der Waals surface area contributed by atoms with Gasteiger partial charge in [0, 0.05) is 23.8 Å². The summed E-state index contributed by atoms with van der Waals surface area (Å²) in [5, 5.41) is 10.8. The van der Waals surface area contributed by atoms with Crippen molar-refractivity contribution in [3.8, 4) is 0 Å². The van der Waals surface area contributed by atoms with Crippen molar-refractivity contribution in [2.75, 3.05) is 0 Å². The molecule has 0 fully saturated rings. The summed E-state index contributed by atoms with van der Waals surface area (Å²) in [5.74, 6) is -0.190. The first kappa shape index (κ1) is 16.7. The minimum absolute atomic E-state index is 0. The highest BCUT2D eigenvalue weighted by molar-refractivity contribution is 5.95. The maximum atomic E-state index is 12.4. The van der Waals surface area contributed by atoms with Gasteiger partial charge in [-0.15, -0.1) is 0 Å². The fourth-order valence-electron chi connectivity index (χ4n) is 2.27. The van der Waals surface area contributed by atoms with Crippen molar-refractivity contribution in [1.29, 1.82) is 0 Å². The van der Waals surface area contributed by atoms with Gasteiger partial charge in [0.05, 0.1) is 11.1 Å². The van der Waals surface area contributed by atoms with Gasteiger partial charge >= 0.3 is 0 Å². The van der Waals surface area contributed by atoms with Gasteiger partial charge < -0.3 is 17.0 Å². The van der Waals surface area contributed by atoms with Crippen LogP contribution in [0.4, 0.5) is 5.69 Å². The second kappa shape index (κ2) is 7.06. The molecule has 3 rings (SSSR count). The Bertz CT molecular complexity index is 878. The predicted molar refractivity (Wildman–Crippen MR) is 79.4 cm³/mol. The van der Waals surface area contributed by atoms with E-state index in [1.807, 2.05) is 24.3 Å². The summed E-state index contributed by atoms with van der Waals surface area (Å²) in [7, 11) is 0. The maximum Gasteiger partial charge on any atom is 0.270 e. The number of nitrogens with zero attached hydrogens (tertiary/aromatic N) is 3. The Morgan fingerprint density at radius 2 is 1.96 bits per heavy atom. The fraction of sp³-hybridized carbons (Fsp3) is 0.0625. The molecule has 116 valence electrons. The molecule has 1 heterocycles. The molecule has 2 aromatic carbocycles. The number of Topliss-reactive ketones (excluding diaryl/α,β-unsaturated/α-hetero) is 1. The van der Waals surface area contributed by atoms with E-state index in [9.17, 15) is 14.9 Å². The Kier molecular flexibility index (Phi) is 5.13. The van der Waals surface area contributed by atoms with Crippen LogP contribution in [-0.2, 0) is 6.54 Å². The average molecular weight is 374 g/mol. The van der Waals surface area contributed by atoms with Crippen LogP contribution in [0, 0.1) is 10.1 Å². The van der Waals surface area contributed by atoms with Gasteiger partial charge in [0.15, 0.2) is 6.20 Å². The lowest BCUT2D eigenvalue weighted by Gasteiger charge is -2.01. The topological polar surface area (TPSA) is 77.0 Å². The molecule has 7 heteroatoms. The number of nitro benzene ring substituents is 1. The monoisotopic (exact) mass is 373 g/mol. The van der Waals surface area contributed by atoms with E-state index in [0.29, 0.717) is 5.56 Å². The quantitative estimate of drug-likeness (QED) is 0.262.